The fraction of sp³-hybridized carbons (Fsp3) is 0.182. The maximum Gasteiger partial charge on any atom is 0.387 e. The van der Waals surface area contributed by atoms with Crippen molar-refractivity contribution < 1.29 is 13.5 Å². The van der Waals surface area contributed by atoms with Gasteiger partial charge in [0.2, 0.25) is 0 Å². The van der Waals surface area contributed by atoms with Crippen LogP contribution in [0.25, 0.3) is 0 Å². The van der Waals surface area contributed by atoms with E-state index in [-0.39, 0.29) is 5.75 Å². The lowest BCUT2D eigenvalue weighted by molar-refractivity contribution is -0.0498. The minimum atomic E-state index is -2.79. The van der Waals surface area contributed by atoms with Crippen LogP contribution in [0.4, 0.5) is 14.5 Å². The summed E-state index contributed by atoms with van der Waals surface area (Å²) in [5.41, 5.74) is 0.835. The predicted molar refractivity (Wildman–Crippen MR) is 62.5 cm³/mol. The molecule has 6 heteroatoms. The molecule has 0 aliphatic carbocycles. The van der Waals surface area contributed by atoms with Crippen LogP contribution in [-0.4, -0.2) is 11.6 Å². The Kier molecular flexibility index (Phi) is 3.87. The summed E-state index contributed by atoms with van der Waals surface area (Å²) in [5, 5.41) is 6.00. The van der Waals surface area contributed by atoms with Gasteiger partial charge >= 0.3 is 6.61 Å². The maximum atomic E-state index is 11.9. The lowest BCUT2D eigenvalue weighted by Crippen LogP contribution is -2.02. The van der Waals surface area contributed by atoms with Crippen molar-refractivity contribution in [1.82, 2.24) is 4.98 Å². The Morgan fingerprint density at radius 2 is 2.06 bits per heavy atom. The van der Waals surface area contributed by atoms with Gasteiger partial charge in [0.15, 0.2) is 0 Å². The van der Waals surface area contributed by atoms with Crippen LogP contribution < -0.4 is 10.1 Å². The number of aromatic nitrogens is 1. The normalized spacial score (nSPS) is 10.5. The molecular formula is C11H10F2N2OS. The number of halogens is 2. The number of anilines is 1. The smallest absolute Gasteiger partial charge is 0.387 e. The van der Waals surface area contributed by atoms with Crippen LogP contribution in [-0.2, 0) is 6.54 Å². The van der Waals surface area contributed by atoms with E-state index in [0.717, 1.165) is 10.7 Å². The molecule has 0 bridgehead atoms. The molecule has 1 aromatic heterocycles. The first-order valence-corrected chi connectivity index (χ1v) is 5.79. The quantitative estimate of drug-likeness (QED) is 0.890. The molecule has 1 heterocycles. The Morgan fingerprint density at radius 1 is 1.29 bits per heavy atom. The van der Waals surface area contributed by atoms with Gasteiger partial charge < -0.3 is 10.1 Å². The van der Waals surface area contributed by atoms with Crippen molar-refractivity contribution in [2.24, 2.45) is 0 Å². The molecule has 0 saturated heterocycles. The highest BCUT2D eigenvalue weighted by molar-refractivity contribution is 7.09. The van der Waals surface area contributed by atoms with Crippen molar-refractivity contribution in [3.63, 3.8) is 0 Å². The Bertz CT molecular complexity index is 445. The van der Waals surface area contributed by atoms with E-state index < -0.39 is 6.61 Å². The van der Waals surface area contributed by atoms with E-state index in [1.807, 2.05) is 5.38 Å². The monoisotopic (exact) mass is 256 g/mol. The van der Waals surface area contributed by atoms with Crippen molar-refractivity contribution in [2.75, 3.05) is 5.32 Å². The number of rotatable bonds is 5. The Labute approximate surface area is 101 Å². The summed E-state index contributed by atoms with van der Waals surface area (Å²) >= 11 is 1.56. The zero-order chi connectivity index (χ0) is 12.1. The number of benzene rings is 1. The molecule has 0 spiro atoms. The van der Waals surface area contributed by atoms with Gasteiger partial charge in [-0.1, -0.05) is 0 Å². The van der Waals surface area contributed by atoms with Crippen LogP contribution in [0.2, 0.25) is 0 Å². The molecule has 0 radical (unpaired) electrons. The summed E-state index contributed by atoms with van der Waals surface area (Å²) in [6.45, 7) is -2.17. The molecule has 0 unspecified atom stereocenters. The molecule has 0 aliphatic heterocycles. The molecule has 17 heavy (non-hydrogen) atoms. The molecular weight excluding hydrogens is 246 g/mol. The average molecular weight is 256 g/mol. The van der Waals surface area contributed by atoms with Gasteiger partial charge in [0.1, 0.15) is 10.8 Å². The number of nitrogens with one attached hydrogen (secondary N) is 1. The third-order valence-corrected chi connectivity index (χ3v) is 2.79. The summed E-state index contributed by atoms with van der Waals surface area (Å²) in [5.74, 6) is 0.153. The van der Waals surface area contributed by atoms with Crippen LogP contribution in [0.1, 0.15) is 5.01 Å². The summed E-state index contributed by atoms with van der Waals surface area (Å²) in [6.07, 6.45) is 1.74. The Morgan fingerprint density at radius 3 is 2.65 bits per heavy atom. The summed E-state index contributed by atoms with van der Waals surface area (Å²) < 4.78 is 28.1. The molecule has 1 N–H and O–H groups in total. The highest BCUT2D eigenvalue weighted by Crippen LogP contribution is 2.18. The van der Waals surface area contributed by atoms with Gasteiger partial charge in [0, 0.05) is 17.3 Å². The van der Waals surface area contributed by atoms with E-state index in [4.69, 9.17) is 0 Å². The van der Waals surface area contributed by atoms with E-state index in [9.17, 15) is 8.78 Å². The minimum Gasteiger partial charge on any atom is -0.435 e. The second-order valence-electron chi connectivity index (χ2n) is 3.18. The number of thiazole rings is 1. The first-order valence-electron chi connectivity index (χ1n) is 4.91. The zero-order valence-corrected chi connectivity index (χ0v) is 9.58. The molecule has 90 valence electrons. The fourth-order valence-electron chi connectivity index (χ4n) is 1.27. The molecule has 0 aliphatic rings. The highest BCUT2D eigenvalue weighted by Gasteiger charge is 2.03. The molecule has 0 atom stereocenters. The van der Waals surface area contributed by atoms with Crippen molar-refractivity contribution >= 4 is 17.0 Å². The minimum absolute atomic E-state index is 0.153. The van der Waals surface area contributed by atoms with Crippen LogP contribution >= 0.6 is 11.3 Å². The van der Waals surface area contributed by atoms with Crippen LogP contribution in [0, 0.1) is 0 Å². The van der Waals surface area contributed by atoms with Crippen molar-refractivity contribution in [3.8, 4) is 5.75 Å². The van der Waals surface area contributed by atoms with Gasteiger partial charge in [-0.05, 0) is 24.3 Å². The molecule has 1 aromatic carbocycles. The van der Waals surface area contributed by atoms with Gasteiger partial charge in [-0.25, -0.2) is 4.98 Å². The summed E-state index contributed by atoms with van der Waals surface area (Å²) in [7, 11) is 0. The molecule has 0 saturated carbocycles. The van der Waals surface area contributed by atoms with Crippen molar-refractivity contribution in [3.05, 3.63) is 40.8 Å². The number of hydrogen-bond donors (Lipinski definition) is 1. The number of ether oxygens (including phenoxy) is 1. The molecule has 2 aromatic rings. The van der Waals surface area contributed by atoms with Gasteiger partial charge in [0.05, 0.1) is 6.54 Å². The van der Waals surface area contributed by atoms with Gasteiger partial charge in [-0.15, -0.1) is 11.3 Å². The second kappa shape index (κ2) is 5.58. The van der Waals surface area contributed by atoms with E-state index in [1.165, 1.54) is 12.1 Å². The van der Waals surface area contributed by atoms with Crippen LogP contribution in [0.3, 0.4) is 0 Å². The van der Waals surface area contributed by atoms with E-state index in [2.05, 4.69) is 15.0 Å². The van der Waals surface area contributed by atoms with E-state index >= 15 is 0 Å². The van der Waals surface area contributed by atoms with E-state index in [1.54, 1.807) is 29.7 Å². The first kappa shape index (κ1) is 11.8. The molecule has 2 rings (SSSR count). The lowest BCUT2D eigenvalue weighted by atomic mass is 10.3. The third kappa shape index (κ3) is 3.67. The first-order chi connectivity index (χ1) is 8.24. The standard InChI is InChI=1S/C11H10F2N2OS/c12-11(13)16-9-3-1-8(2-4-9)15-7-10-14-5-6-17-10/h1-6,11,15H,7H2. The van der Waals surface area contributed by atoms with Crippen LogP contribution in [0.5, 0.6) is 5.75 Å². The SMILES string of the molecule is FC(F)Oc1ccc(NCc2nccs2)cc1. The van der Waals surface area contributed by atoms with Gasteiger partial charge in [-0.3, -0.25) is 0 Å². The molecule has 0 fully saturated rings. The predicted octanol–water partition coefficient (Wildman–Crippen LogP) is 3.36. The van der Waals surface area contributed by atoms with Gasteiger partial charge in [0.25, 0.3) is 0 Å². The largest absolute Gasteiger partial charge is 0.435 e. The van der Waals surface area contributed by atoms with Crippen LogP contribution in [0.15, 0.2) is 35.8 Å². The van der Waals surface area contributed by atoms with Gasteiger partial charge in [-0.2, -0.15) is 8.78 Å². The van der Waals surface area contributed by atoms with E-state index in [0.29, 0.717) is 6.54 Å². The topological polar surface area (TPSA) is 34.1 Å². The zero-order valence-electron chi connectivity index (χ0n) is 8.77. The highest BCUT2D eigenvalue weighted by atomic mass is 32.1. The maximum absolute atomic E-state index is 11.9. The lowest BCUT2D eigenvalue weighted by Gasteiger charge is -2.07. The molecule has 0 amide bonds. The number of hydrogen-bond acceptors (Lipinski definition) is 4. The Hall–Kier alpha value is -1.69. The summed E-state index contributed by atoms with van der Waals surface area (Å²) in [6, 6.07) is 6.36. The molecule has 3 nitrogen and oxygen atoms in total. The van der Waals surface area contributed by atoms with Crippen molar-refractivity contribution in [2.45, 2.75) is 13.2 Å². The summed E-state index contributed by atoms with van der Waals surface area (Å²) in [4.78, 5) is 4.12. The fourth-order valence-corrected chi connectivity index (χ4v) is 1.83. The van der Waals surface area contributed by atoms with Crippen molar-refractivity contribution in [1.29, 1.82) is 0 Å². The number of nitrogens with zero attached hydrogens (tertiary/aromatic N) is 1. The third-order valence-electron chi connectivity index (χ3n) is 2.01. The Balaban J connectivity index is 1.89. The number of alkyl halides is 2. The average Bonchev–Trinajstić information content (AvgIpc) is 2.80. The second-order valence-corrected chi connectivity index (χ2v) is 4.16.